The Balaban J connectivity index is 2.44. The van der Waals surface area contributed by atoms with E-state index >= 15 is 0 Å². The van der Waals surface area contributed by atoms with Crippen LogP contribution in [0, 0.1) is 5.41 Å². The van der Waals surface area contributed by atoms with Crippen LogP contribution in [0.5, 0.6) is 5.75 Å². The number of nitrogens with two attached hydrogens (primary N) is 1. The topological polar surface area (TPSA) is 104 Å². The lowest BCUT2D eigenvalue weighted by atomic mass is 9.91. The molecule has 0 saturated carbocycles. The summed E-state index contributed by atoms with van der Waals surface area (Å²) in [4.78, 5) is 23.4. The van der Waals surface area contributed by atoms with E-state index in [4.69, 9.17) is 5.73 Å². The number of aromatic hydroxyl groups is 1. The fourth-order valence-electron chi connectivity index (χ4n) is 2.12. The standard InChI is InChI=1S/C17H27N3O3/c1-17(2,3)9-4-10-19-16(23)20-14(15(18)22)11-12-5-7-13(21)8-6-12/h5-8,14,21H,4,9-11H2,1-3H3,(H2,18,22)(H2,19,20,23). The summed E-state index contributed by atoms with van der Waals surface area (Å²) < 4.78 is 0. The lowest BCUT2D eigenvalue weighted by Gasteiger charge is -2.19. The summed E-state index contributed by atoms with van der Waals surface area (Å²) in [6, 6.07) is 5.24. The van der Waals surface area contributed by atoms with Gasteiger partial charge in [0.05, 0.1) is 0 Å². The van der Waals surface area contributed by atoms with E-state index in [2.05, 4.69) is 31.4 Å². The van der Waals surface area contributed by atoms with Gasteiger partial charge in [0.2, 0.25) is 5.91 Å². The molecule has 0 bridgehead atoms. The summed E-state index contributed by atoms with van der Waals surface area (Å²) in [6.07, 6.45) is 2.15. The number of nitrogens with one attached hydrogen (secondary N) is 2. The molecule has 1 aromatic rings. The molecule has 0 spiro atoms. The predicted molar refractivity (Wildman–Crippen MR) is 90.0 cm³/mol. The molecule has 5 N–H and O–H groups in total. The van der Waals surface area contributed by atoms with Crippen molar-refractivity contribution < 1.29 is 14.7 Å². The van der Waals surface area contributed by atoms with Crippen LogP contribution in [0.1, 0.15) is 39.2 Å². The Morgan fingerprint density at radius 2 is 1.83 bits per heavy atom. The molecular weight excluding hydrogens is 294 g/mol. The van der Waals surface area contributed by atoms with Gasteiger partial charge in [-0.15, -0.1) is 0 Å². The van der Waals surface area contributed by atoms with E-state index in [1.54, 1.807) is 12.1 Å². The van der Waals surface area contributed by atoms with E-state index in [-0.39, 0.29) is 17.6 Å². The highest BCUT2D eigenvalue weighted by molar-refractivity contribution is 5.86. The third kappa shape index (κ3) is 8.09. The first-order valence-electron chi connectivity index (χ1n) is 7.79. The van der Waals surface area contributed by atoms with Gasteiger partial charge < -0.3 is 21.5 Å². The lowest BCUT2D eigenvalue weighted by molar-refractivity contribution is -0.119. The molecule has 1 unspecified atom stereocenters. The minimum atomic E-state index is -0.790. The van der Waals surface area contributed by atoms with E-state index < -0.39 is 18.0 Å². The number of amides is 3. The second-order valence-electron chi connectivity index (χ2n) is 6.89. The SMILES string of the molecule is CC(C)(C)CCCNC(=O)NC(Cc1ccc(O)cc1)C(N)=O. The molecule has 0 fully saturated rings. The number of carbonyl (C=O) groups is 2. The van der Waals surface area contributed by atoms with Crippen molar-refractivity contribution in [2.75, 3.05) is 6.54 Å². The van der Waals surface area contributed by atoms with Gasteiger partial charge in [0, 0.05) is 13.0 Å². The number of hydrogen-bond acceptors (Lipinski definition) is 3. The zero-order valence-electron chi connectivity index (χ0n) is 14.1. The summed E-state index contributed by atoms with van der Waals surface area (Å²) in [5, 5.41) is 14.6. The fourth-order valence-corrected chi connectivity index (χ4v) is 2.12. The number of rotatable bonds is 7. The first-order valence-corrected chi connectivity index (χ1v) is 7.79. The smallest absolute Gasteiger partial charge is 0.315 e. The van der Waals surface area contributed by atoms with E-state index in [1.165, 1.54) is 12.1 Å². The maximum Gasteiger partial charge on any atom is 0.315 e. The summed E-state index contributed by atoms with van der Waals surface area (Å²) in [5.74, 6) is -0.447. The molecule has 1 atom stereocenters. The van der Waals surface area contributed by atoms with E-state index in [9.17, 15) is 14.7 Å². The molecule has 23 heavy (non-hydrogen) atoms. The van der Waals surface area contributed by atoms with Gasteiger partial charge in [0.25, 0.3) is 0 Å². The number of primary amides is 1. The minimum Gasteiger partial charge on any atom is -0.508 e. The molecular formula is C17H27N3O3. The van der Waals surface area contributed by atoms with E-state index in [1.807, 2.05) is 0 Å². The summed E-state index contributed by atoms with van der Waals surface area (Å²) >= 11 is 0. The molecule has 6 nitrogen and oxygen atoms in total. The average molecular weight is 321 g/mol. The number of phenols is 1. The quantitative estimate of drug-likeness (QED) is 0.577. The molecule has 3 amide bonds. The van der Waals surface area contributed by atoms with Crippen LogP contribution in [0.15, 0.2) is 24.3 Å². The van der Waals surface area contributed by atoms with Gasteiger partial charge in [-0.2, -0.15) is 0 Å². The van der Waals surface area contributed by atoms with E-state index in [0.717, 1.165) is 18.4 Å². The molecule has 1 rings (SSSR count). The van der Waals surface area contributed by atoms with Gasteiger partial charge in [0.15, 0.2) is 0 Å². The molecule has 0 aliphatic heterocycles. The summed E-state index contributed by atoms with van der Waals surface area (Å²) in [7, 11) is 0. The van der Waals surface area contributed by atoms with Crippen LogP contribution in [0.2, 0.25) is 0 Å². The van der Waals surface area contributed by atoms with Crippen LogP contribution in [0.4, 0.5) is 4.79 Å². The van der Waals surface area contributed by atoms with Crippen LogP contribution < -0.4 is 16.4 Å². The van der Waals surface area contributed by atoms with Crippen LogP contribution in [-0.4, -0.2) is 29.6 Å². The molecule has 0 heterocycles. The average Bonchev–Trinajstić information content (AvgIpc) is 2.44. The molecule has 128 valence electrons. The summed E-state index contributed by atoms with van der Waals surface area (Å²) in [5.41, 5.74) is 6.38. The number of benzene rings is 1. The van der Waals surface area contributed by atoms with E-state index in [0.29, 0.717) is 6.54 Å². The van der Waals surface area contributed by atoms with Crippen LogP contribution in [-0.2, 0) is 11.2 Å². The Morgan fingerprint density at radius 1 is 1.22 bits per heavy atom. The number of carbonyl (C=O) groups excluding carboxylic acids is 2. The van der Waals surface area contributed by atoms with Crippen molar-refractivity contribution in [1.82, 2.24) is 10.6 Å². The van der Waals surface area contributed by atoms with Crippen molar-refractivity contribution in [3.8, 4) is 5.75 Å². The van der Waals surface area contributed by atoms with Gasteiger partial charge in [-0.05, 0) is 36.0 Å². The fraction of sp³-hybridized carbons (Fsp3) is 0.529. The van der Waals surface area contributed by atoms with Crippen LogP contribution in [0.25, 0.3) is 0 Å². The minimum absolute atomic E-state index is 0.147. The normalized spacial score (nSPS) is 12.5. The third-order valence-electron chi connectivity index (χ3n) is 3.41. The Morgan fingerprint density at radius 3 is 2.35 bits per heavy atom. The molecule has 1 aromatic carbocycles. The van der Waals surface area contributed by atoms with Gasteiger partial charge in [-0.3, -0.25) is 4.79 Å². The van der Waals surface area contributed by atoms with Crippen molar-refractivity contribution in [2.24, 2.45) is 11.1 Å². The van der Waals surface area contributed by atoms with Crippen LogP contribution in [0.3, 0.4) is 0 Å². The number of hydrogen-bond donors (Lipinski definition) is 4. The highest BCUT2D eigenvalue weighted by Crippen LogP contribution is 2.19. The second-order valence-corrected chi connectivity index (χ2v) is 6.89. The molecule has 0 aliphatic rings. The number of urea groups is 1. The molecule has 0 aliphatic carbocycles. The van der Waals surface area contributed by atoms with Crippen molar-refractivity contribution in [3.05, 3.63) is 29.8 Å². The van der Waals surface area contributed by atoms with Crippen molar-refractivity contribution in [2.45, 2.75) is 46.1 Å². The first kappa shape index (κ1) is 18.8. The maximum absolute atomic E-state index is 11.9. The Labute approximate surface area is 137 Å². The van der Waals surface area contributed by atoms with Gasteiger partial charge in [-0.1, -0.05) is 32.9 Å². The van der Waals surface area contributed by atoms with Crippen molar-refractivity contribution in [3.63, 3.8) is 0 Å². The second kappa shape index (κ2) is 8.41. The van der Waals surface area contributed by atoms with Crippen LogP contribution >= 0.6 is 0 Å². The molecule has 6 heteroatoms. The predicted octanol–water partition coefficient (Wildman–Crippen LogP) is 1.91. The number of phenolic OH excluding ortho intramolecular Hbond substituents is 1. The Kier molecular flexibility index (Phi) is 6.88. The zero-order valence-corrected chi connectivity index (χ0v) is 14.1. The van der Waals surface area contributed by atoms with Crippen molar-refractivity contribution >= 4 is 11.9 Å². The molecule has 0 aromatic heterocycles. The van der Waals surface area contributed by atoms with Gasteiger partial charge in [0.1, 0.15) is 11.8 Å². The monoisotopic (exact) mass is 321 g/mol. The largest absolute Gasteiger partial charge is 0.508 e. The van der Waals surface area contributed by atoms with Gasteiger partial charge >= 0.3 is 6.03 Å². The maximum atomic E-state index is 11.9. The van der Waals surface area contributed by atoms with Gasteiger partial charge in [-0.25, -0.2) is 4.79 Å². The molecule has 0 saturated heterocycles. The highest BCUT2D eigenvalue weighted by Gasteiger charge is 2.18. The highest BCUT2D eigenvalue weighted by atomic mass is 16.3. The zero-order chi connectivity index (χ0) is 17.5. The Hall–Kier alpha value is -2.24. The Bertz CT molecular complexity index is 521. The third-order valence-corrected chi connectivity index (χ3v) is 3.41. The molecule has 0 radical (unpaired) electrons. The summed E-state index contributed by atoms with van der Waals surface area (Å²) in [6.45, 7) is 6.99. The lowest BCUT2D eigenvalue weighted by Crippen LogP contribution is -2.49. The first-order chi connectivity index (χ1) is 10.7. The van der Waals surface area contributed by atoms with Crippen molar-refractivity contribution in [1.29, 1.82) is 0 Å².